The third kappa shape index (κ3) is 8.70. The van der Waals surface area contributed by atoms with Crippen LogP contribution in [0.2, 0.25) is 0 Å². The number of nitrogens with one attached hydrogen (secondary N) is 1. The van der Waals surface area contributed by atoms with E-state index in [1.807, 2.05) is 18.2 Å². The van der Waals surface area contributed by atoms with Gasteiger partial charge in [0.1, 0.15) is 11.8 Å². The van der Waals surface area contributed by atoms with Crippen molar-refractivity contribution in [2.24, 2.45) is 0 Å². The first-order valence-corrected chi connectivity index (χ1v) is 14.8. The monoisotopic (exact) mass is 583 g/mol. The van der Waals surface area contributed by atoms with E-state index in [2.05, 4.69) is 5.32 Å². The van der Waals surface area contributed by atoms with Crippen LogP contribution in [0, 0.1) is 0 Å². The molecule has 10 nitrogen and oxygen atoms in total. The minimum atomic E-state index is -3.63. The van der Waals surface area contributed by atoms with Crippen molar-refractivity contribution in [1.29, 1.82) is 0 Å². The van der Waals surface area contributed by atoms with Crippen molar-refractivity contribution < 1.29 is 32.2 Å². The van der Waals surface area contributed by atoms with Gasteiger partial charge in [0.05, 0.1) is 34.1 Å². The molecule has 0 spiro atoms. The molecule has 220 valence electrons. The maximum atomic E-state index is 13.8. The maximum Gasteiger partial charge on any atom is 0.247 e. The lowest BCUT2D eigenvalue weighted by molar-refractivity contribution is -0.141. The van der Waals surface area contributed by atoms with Crippen LogP contribution in [0.15, 0.2) is 72.8 Å². The first kappa shape index (κ1) is 31.4. The summed E-state index contributed by atoms with van der Waals surface area (Å²) in [6.07, 6.45) is 1.54. The Hall–Kier alpha value is -4.09. The summed E-state index contributed by atoms with van der Waals surface area (Å²) in [6.45, 7) is -0.0498. The number of hydrogen-bond acceptors (Lipinski definition) is 7. The molecule has 1 atom stereocenters. The number of carbonyl (C=O) groups is 2. The zero-order valence-corrected chi connectivity index (χ0v) is 24.8. The number of benzene rings is 3. The molecule has 2 amide bonds. The number of methoxy groups -OCH3 is 3. The summed E-state index contributed by atoms with van der Waals surface area (Å²) in [4.78, 5) is 28.8. The highest BCUT2D eigenvalue weighted by atomic mass is 32.2. The van der Waals surface area contributed by atoms with Crippen molar-refractivity contribution in [3.05, 3.63) is 89.5 Å². The molecule has 0 heterocycles. The zero-order valence-electron chi connectivity index (χ0n) is 24.0. The molecule has 0 saturated carbocycles. The predicted molar refractivity (Wildman–Crippen MR) is 156 cm³/mol. The summed E-state index contributed by atoms with van der Waals surface area (Å²) in [5.41, 5.74) is 2.28. The lowest BCUT2D eigenvalue weighted by Gasteiger charge is -2.32. The quantitative estimate of drug-likeness (QED) is 0.310. The average molecular weight is 584 g/mol. The molecule has 0 aliphatic heterocycles. The molecule has 0 fully saturated rings. The molecule has 3 aromatic rings. The van der Waals surface area contributed by atoms with Crippen molar-refractivity contribution in [3.63, 3.8) is 0 Å². The molecular formula is C30H37N3O7S. The van der Waals surface area contributed by atoms with Crippen LogP contribution in [-0.2, 0) is 32.6 Å². The molecule has 0 aliphatic rings. The van der Waals surface area contributed by atoms with E-state index in [-0.39, 0.29) is 12.5 Å². The fraction of sp³-hybridized carbons (Fsp3) is 0.333. The van der Waals surface area contributed by atoms with E-state index in [1.165, 1.54) is 11.9 Å². The molecule has 1 N–H and O–H groups in total. The first-order chi connectivity index (χ1) is 19.6. The second-order valence-corrected chi connectivity index (χ2v) is 11.5. The van der Waals surface area contributed by atoms with E-state index in [0.717, 1.165) is 21.7 Å². The first-order valence-electron chi connectivity index (χ1n) is 12.9. The summed E-state index contributed by atoms with van der Waals surface area (Å²) in [6, 6.07) is 20.6. The van der Waals surface area contributed by atoms with Crippen LogP contribution in [0.25, 0.3) is 0 Å². The van der Waals surface area contributed by atoms with E-state index in [1.54, 1.807) is 75.9 Å². The van der Waals surface area contributed by atoms with Gasteiger partial charge in [0.25, 0.3) is 0 Å². The number of nitrogens with zero attached hydrogens (tertiary/aromatic N) is 2. The lowest BCUT2D eigenvalue weighted by atomic mass is 10.0. The fourth-order valence-electron chi connectivity index (χ4n) is 4.22. The minimum Gasteiger partial charge on any atom is -0.497 e. The van der Waals surface area contributed by atoms with Gasteiger partial charge in [0, 0.05) is 20.1 Å². The Morgan fingerprint density at radius 3 is 2.07 bits per heavy atom. The van der Waals surface area contributed by atoms with Crippen LogP contribution >= 0.6 is 0 Å². The maximum absolute atomic E-state index is 13.8. The Morgan fingerprint density at radius 2 is 1.49 bits per heavy atom. The van der Waals surface area contributed by atoms with Crippen molar-refractivity contribution in [2.45, 2.75) is 19.0 Å². The van der Waals surface area contributed by atoms with Crippen molar-refractivity contribution >= 4 is 21.8 Å². The van der Waals surface area contributed by atoms with Crippen molar-refractivity contribution in [1.82, 2.24) is 14.5 Å². The van der Waals surface area contributed by atoms with Gasteiger partial charge in [-0.05, 0) is 47.4 Å². The van der Waals surface area contributed by atoms with E-state index in [0.29, 0.717) is 35.8 Å². The van der Waals surface area contributed by atoms with E-state index >= 15 is 0 Å². The number of rotatable bonds is 14. The highest BCUT2D eigenvalue weighted by Crippen LogP contribution is 2.28. The molecule has 0 radical (unpaired) electrons. The molecule has 1 unspecified atom stereocenters. The van der Waals surface area contributed by atoms with Crippen molar-refractivity contribution in [3.8, 4) is 17.2 Å². The van der Waals surface area contributed by atoms with E-state index in [4.69, 9.17) is 14.2 Å². The Bertz CT molecular complexity index is 1410. The summed E-state index contributed by atoms with van der Waals surface area (Å²) in [7, 11) is 2.38. The number of sulfonamides is 1. The number of hydrogen-bond donors (Lipinski definition) is 1. The van der Waals surface area contributed by atoms with Gasteiger partial charge in [-0.3, -0.25) is 9.59 Å². The Labute approximate surface area is 241 Å². The molecule has 41 heavy (non-hydrogen) atoms. The minimum absolute atomic E-state index is 0.0725. The molecule has 0 aromatic heterocycles. The second kappa shape index (κ2) is 14.5. The van der Waals surface area contributed by atoms with Gasteiger partial charge < -0.3 is 24.4 Å². The van der Waals surface area contributed by atoms with Gasteiger partial charge in [0.2, 0.25) is 21.8 Å². The number of carbonyl (C=O) groups excluding carboxylic acids is 2. The largest absolute Gasteiger partial charge is 0.497 e. The summed E-state index contributed by atoms with van der Waals surface area (Å²) >= 11 is 0. The number of ether oxygens (including phenoxy) is 3. The molecule has 3 aromatic carbocycles. The van der Waals surface area contributed by atoms with E-state index < -0.39 is 28.5 Å². The topological polar surface area (TPSA) is 114 Å². The van der Waals surface area contributed by atoms with Crippen LogP contribution < -0.4 is 19.5 Å². The molecule has 11 heteroatoms. The third-order valence-electron chi connectivity index (χ3n) is 6.59. The Balaban J connectivity index is 1.90. The smallest absolute Gasteiger partial charge is 0.247 e. The third-order valence-corrected chi connectivity index (χ3v) is 7.85. The zero-order chi connectivity index (χ0) is 30.0. The van der Waals surface area contributed by atoms with Gasteiger partial charge >= 0.3 is 0 Å². The molecule has 0 aliphatic carbocycles. The highest BCUT2D eigenvalue weighted by molar-refractivity contribution is 7.88. The van der Waals surface area contributed by atoms with Gasteiger partial charge in [-0.2, -0.15) is 4.31 Å². The van der Waals surface area contributed by atoms with Gasteiger partial charge in [0.15, 0.2) is 11.5 Å². The van der Waals surface area contributed by atoms with Crippen molar-refractivity contribution in [2.75, 3.05) is 47.7 Å². The van der Waals surface area contributed by atoms with Crippen LogP contribution in [-0.4, -0.2) is 77.2 Å². The summed E-state index contributed by atoms with van der Waals surface area (Å²) in [5, 5.41) is 2.96. The Morgan fingerprint density at radius 1 is 0.854 bits per heavy atom. The van der Waals surface area contributed by atoms with E-state index in [9.17, 15) is 18.0 Å². The summed E-state index contributed by atoms with van der Waals surface area (Å²) < 4.78 is 41.1. The van der Waals surface area contributed by atoms with Crippen LogP contribution in [0.5, 0.6) is 17.2 Å². The fourth-order valence-corrected chi connectivity index (χ4v) is 4.57. The predicted octanol–water partition coefficient (Wildman–Crippen LogP) is 3.03. The summed E-state index contributed by atoms with van der Waals surface area (Å²) in [5.74, 6) is 0.940. The van der Waals surface area contributed by atoms with Gasteiger partial charge in [-0.15, -0.1) is 0 Å². The molecule has 3 rings (SSSR count). The van der Waals surface area contributed by atoms with Crippen LogP contribution in [0.1, 0.15) is 22.7 Å². The second-order valence-electron chi connectivity index (χ2n) is 9.43. The van der Waals surface area contributed by atoms with Crippen LogP contribution in [0.3, 0.4) is 0 Å². The van der Waals surface area contributed by atoms with Gasteiger partial charge in [-0.25, -0.2) is 8.42 Å². The molecule has 0 saturated heterocycles. The SMILES string of the molecule is COc1ccc(CN(C(=O)CN(C)S(C)(=O)=O)C(C(=O)NCCc2ccc(OC)c(OC)c2)c2ccccc2)cc1. The highest BCUT2D eigenvalue weighted by Gasteiger charge is 2.32. The Kier molecular flexibility index (Phi) is 11.1. The molecule has 0 bridgehead atoms. The van der Waals surface area contributed by atoms with Crippen LogP contribution in [0.4, 0.5) is 0 Å². The molecular weight excluding hydrogens is 546 g/mol. The number of amides is 2. The average Bonchev–Trinajstić information content (AvgIpc) is 2.97. The lowest BCUT2D eigenvalue weighted by Crippen LogP contribution is -2.47. The normalized spacial score (nSPS) is 12.0. The standard InChI is InChI=1S/C30H37N3O7S/c1-32(41(5,36)37)21-28(34)33(20-23-11-14-25(38-2)15-12-23)29(24-9-7-6-8-10-24)30(35)31-18-17-22-13-16-26(39-3)27(19-22)40-4/h6-16,19,29H,17-18,20-21H2,1-5H3,(H,31,35). The number of likely N-dealkylation sites (N-methyl/N-ethyl adjacent to an activating group) is 1. The van der Waals surface area contributed by atoms with Gasteiger partial charge in [-0.1, -0.05) is 48.5 Å².